The second-order valence-corrected chi connectivity index (χ2v) is 41.2. The summed E-state index contributed by atoms with van der Waals surface area (Å²) in [7, 11) is 0. The first kappa shape index (κ1) is 97.4. The molecule has 0 N–H and O–H groups in total. The van der Waals surface area contributed by atoms with Gasteiger partial charge in [0.15, 0.2) is 0 Å². The van der Waals surface area contributed by atoms with E-state index in [1.807, 2.05) is 0 Å². The van der Waals surface area contributed by atoms with Gasteiger partial charge in [0.25, 0.3) is 0 Å². The molecule has 23 rings (SSSR count). The van der Waals surface area contributed by atoms with Crippen LogP contribution in [0.1, 0.15) is 228 Å². The van der Waals surface area contributed by atoms with E-state index in [1.165, 1.54) is 344 Å². The Bertz CT molecular complexity index is 7370. The van der Waals surface area contributed by atoms with Gasteiger partial charge in [0, 0.05) is 0 Å². The van der Waals surface area contributed by atoms with Gasteiger partial charge in [0.1, 0.15) is 0 Å². The first-order valence-electron chi connectivity index (χ1n) is 52.7. The van der Waals surface area contributed by atoms with Crippen LogP contribution in [0.15, 0.2) is 334 Å². The molecular weight excluding hydrogens is 1690 g/mol. The average Bonchev–Trinajstić information content (AvgIpc) is 1.62. The van der Waals surface area contributed by atoms with E-state index in [2.05, 4.69) is 447 Å². The maximum absolute atomic E-state index is 2.43. The second kappa shape index (κ2) is 46.1. The van der Waals surface area contributed by atoms with Gasteiger partial charge in [-0.05, 0) is 509 Å². The number of hydrogen-bond donors (Lipinski definition) is 0. The fraction of sp³-hybridized carbons (Fsp3) is 0.248. The van der Waals surface area contributed by atoms with E-state index in [4.69, 9.17) is 0 Å². The van der Waals surface area contributed by atoms with Crippen molar-refractivity contribution in [2.45, 2.75) is 231 Å². The minimum atomic E-state index is 1.11. The summed E-state index contributed by atoms with van der Waals surface area (Å²) >= 11 is 0. The van der Waals surface area contributed by atoms with Gasteiger partial charge in [0.2, 0.25) is 0 Å². The van der Waals surface area contributed by atoms with Crippen molar-refractivity contribution in [3.63, 3.8) is 0 Å². The van der Waals surface area contributed by atoms with Crippen molar-refractivity contribution in [1.82, 2.24) is 0 Å². The van der Waals surface area contributed by atoms with Gasteiger partial charge < -0.3 is 0 Å². The maximum Gasteiger partial charge on any atom is -0.00881 e. The number of fused-ring (bicyclic) bond motifs is 11. The molecule has 0 amide bonds. The standard InChI is InChI=1S/C33H28.C25H24.2C23H24.C20H22.C17H20/c1-22-14-30-18-26-8-3-5-10-28(26)20-32(30)16-24(22)12-7-13-25-17-33-21-29-11-6-4-9-27(29)19-31(33)15-23(25)2;1-18-14-22-8-3-5-10-24(22)16-20(18)12-7-13-21-17-25-11-6-4-9-23(25)15-19(21)2;2*1-16-12-20-8-4-10-22(20)14-18(16)6-3-7-19-15-23-11-5-9-21(23)13-17(19)2;1-15-7-3-4-8-17(15)9-5-10-18-14-20-12-6-11-19(20)13-16(18)2;1-14-8-3-5-10-16(14)12-7-13-17-11-6-4-9-15(17)2/h3-6,8-11,14-21H,7,12-13H2,1-2H3;3-6,8-11,14-17H,7,12-13H2,1-2H3;4-5,10-15H,3,6-9H2,1-2H3;4-5,8-9,12-15H,3,6-7,10-11H2,1-2H3;3-4,6-8,12-14H,5,9-11H2,1-2H3;3-6,8-11H,7,12-13H2,1-2H3. The highest BCUT2D eigenvalue weighted by atomic mass is 14.2. The Hall–Kier alpha value is -13.8. The fourth-order valence-electron chi connectivity index (χ4n) is 22.4. The third kappa shape index (κ3) is 24.6. The molecular formula is C141H142. The van der Waals surface area contributed by atoms with Crippen LogP contribution in [-0.4, -0.2) is 0 Å². The highest BCUT2D eigenvalue weighted by molar-refractivity contribution is 6.00. The van der Waals surface area contributed by atoms with Crippen molar-refractivity contribution in [3.8, 4) is 0 Å². The second-order valence-electron chi connectivity index (χ2n) is 41.2. The predicted octanol–water partition coefficient (Wildman–Crippen LogP) is 36.6. The van der Waals surface area contributed by atoms with Gasteiger partial charge in [-0.15, -0.1) is 0 Å². The Labute approximate surface area is 842 Å². The van der Waals surface area contributed by atoms with E-state index < -0.39 is 0 Å². The molecule has 18 aromatic carbocycles. The zero-order valence-corrected chi connectivity index (χ0v) is 85.9. The van der Waals surface area contributed by atoms with Gasteiger partial charge in [-0.2, -0.15) is 0 Å². The van der Waals surface area contributed by atoms with Gasteiger partial charge in [-0.3, -0.25) is 0 Å². The smallest absolute Gasteiger partial charge is 0.00881 e. The van der Waals surface area contributed by atoms with Crippen LogP contribution in [0, 0.1) is 83.1 Å². The minimum Gasteiger partial charge on any atom is -0.0795 e. The maximum atomic E-state index is 2.43. The molecule has 0 heteroatoms. The highest BCUT2D eigenvalue weighted by Crippen LogP contribution is 2.36. The average molecular weight is 1840 g/mol. The highest BCUT2D eigenvalue weighted by Gasteiger charge is 2.18. The molecule has 0 heterocycles. The summed E-state index contributed by atoms with van der Waals surface area (Å²) in [6.07, 6.45) is 49.5. The van der Waals surface area contributed by atoms with E-state index in [9.17, 15) is 0 Å². The molecule has 0 saturated heterocycles. The molecule has 18 aromatic rings. The van der Waals surface area contributed by atoms with Crippen LogP contribution in [0.2, 0.25) is 0 Å². The third-order valence-corrected chi connectivity index (χ3v) is 31.0. The topological polar surface area (TPSA) is 0 Å². The van der Waals surface area contributed by atoms with Crippen LogP contribution < -0.4 is 0 Å². The van der Waals surface area contributed by atoms with Crippen LogP contribution in [0.25, 0.3) is 95.0 Å². The first-order valence-corrected chi connectivity index (χ1v) is 52.7. The number of hydrogen-bond acceptors (Lipinski definition) is 0. The molecule has 0 bridgehead atoms. The van der Waals surface area contributed by atoms with Crippen LogP contribution in [0.5, 0.6) is 0 Å². The molecule has 0 radical (unpaired) electrons. The number of allylic oxidation sites excluding steroid dienone is 5. The summed E-state index contributed by atoms with van der Waals surface area (Å²) in [5.41, 5.74) is 49.8. The van der Waals surface area contributed by atoms with Crippen LogP contribution in [0.4, 0.5) is 0 Å². The predicted molar refractivity (Wildman–Crippen MR) is 615 cm³/mol. The molecule has 0 aliphatic heterocycles. The van der Waals surface area contributed by atoms with E-state index in [1.54, 1.807) is 0 Å². The monoisotopic (exact) mass is 1840 g/mol. The number of benzene rings is 18. The molecule has 0 saturated carbocycles. The molecule has 5 aliphatic carbocycles. The van der Waals surface area contributed by atoms with E-state index in [0.717, 1.165) is 57.8 Å². The molecule has 706 valence electrons. The molecule has 0 nitrogen and oxygen atoms in total. The lowest BCUT2D eigenvalue weighted by atomic mass is 9.93. The molecule has 5 aliphatic rings. The quantitative estimate of drug-likeness (QED) is 0.0529. The van der Waals surface area contributed by atoms with Crippen molar-refractivity contribution in [1.29, 1.82) is 0 Å². The van der Waals surface area contributed by atoms with Gasteiger partial charge in [0.05, 0.1) is 0 Å². The van der Waals surface area contributed by atoms with Crippen LogP contribution in [0.3, 0.4) is 0 Å². The van der Waals surface area contributed by atoms with Crippen LogP contribution >= 0.6 is 0 Å². The lowest BCUT2D eigenvalue weighted by molar-refractivity contribution is 0.809. The number of rotatable bonds is 24. The summed E-state index contributed by atoms with van der Waals surface area (Å²) in [4.78, 5) is 0. The number of aryl methyl sites for hydroxylation is 24. The third-order valence-electron chi connectivity index (χ3n) is 31.0. The lowest BCUT2D eigenvalue weighted by Gasteiger charge is -2.12. The van der Waals surface area contributed by atoms with E-state index in [0.29, 0.717) is 0 Å². The Morgan fingerprint density at radius 1 is 0.135 bits per heavy atom. The zero-order valence-electron chi connectivity index (χ0n) is 85.9. The summed E-state index contributed by atoms with van der Waals surface area (Å²) in [5, 5.41) is 16.0. The summed E-state index contributed by atoms with van der Waals surface area (Å²) < 4.78 is 0. The normalized spacial score (nSPS) is 12.5. The first-order chi connectivity index (χ1) is 68.8. The molecule has 0 spiro atoms. The van der Waals surface area contributed by atoms with Gasteiger partial charge in [-0.1, -0.05) is 340 Å². The van der Waals surface area contributed by atoms with Crippen molar-refractivity contribution in [2.75, 3.05) is 0 Å². The van der Waals surface area contributed by atoms with Gasteiger partial charge >= 0.3 is 0 Å². The Balaban J connectivity index is 0.000000113. The molecule has 0 fully saturated rings. The Morgan fingerprint density at radius 2 is 0.305 bits per heavy atom. The zero-order chi connectivity index (χ0) is 97.2. The molecule has 141 heavy (non-hydrogen) atoms. The van der Waals surface area contributed by atoms with Crippen molar-refractivity contribution in [2.24, 2.45) is 0 Å². The molecule has 0 unspecified atom stereocenters. The van der Waals surface area contributed by atoms with Gasteiger partial charge in [-0.25, -0.2) is 0 Å². The van der Waals surface area contributed by atoms with Crippen LogP contribution in [-0.2, 0) is 109 Å². The SMILES string of the molecule is Cc1cc2c(cc1CCCc1cc3c(cc1C)C=CC3)CC=C2.Cc1cc2c(cc1CCCc1cc3c(cc1C)CC=C3)C=CC2.Cc1cc2cc3ccccc3cc2cc1CCCc1cc2cc3ccccc3cc2cc1C.Cc1cc2ccccc2cc1CCCc1cc2ccccc2cc1C.Cc1ccccc1CCCc1cc2c(cc1C)CC=C2.Cc1ccccc1CCCc1ccccc1C. The van der Waals surface area contributed by atoms with Crippen molar-refractivity contribution in [3.05, 3.63) is 523 Å². The summed E-state index contributed by atoms with van der Waals surface area (Å²) in [6, 6.07) is 113. The fourth-order valence-corrected chi connectivity index (χ4v) is 22.4. The summed E-state index contributed by atoms with van der Waals surface area (Å²) in [6.45, 7) is 26.9. The Morgan fingerprint density at radius 3 is 0.567 bits per heavy atom. The van der Waals surface area contributed by atoms with Crippen molar-refractivity contribution >= 4 is 95.0 Å². The van der Waals surface area contributed by atoms with Crippen molar-refractivity contribution < 1.29 is 0 Å². The summed E-state index contributed by atoms with van der Waals surface area (Å²) in [5.74, 6) is 0. The molecule has 0 aromatic heterocycles. The lowest BCUT2D eigenvalue weighted by Crippen LogP contribution is -1.98. The van der Waals surface area contributed by atoms with E-state index >= 15 is 0 Å². The minimum absolute atomic E-state index is 1.11. The molecule has 0 atom stereocenters. The van der Waals surface area contributed by atoms with E-state index in [-0.39, 0.29) is 0 Å². The largest absolute Gasteiger partial charge is 0.0795 e. The Kier molecular flexibility index (Phi) is 31.9.